The van der Waals surface area contributed by atoms with Crippen molar-refractivity contribution in [2.24, 2.45) is 10.7 Å². The maximum atomic E-state index is 13.6. The van der Waals surface area contributed by atoms with Crippen LogP contribution in [0.3, 0.4) is 0 Å². The highest BCUT2D eigenvalue weighted by molar-refractivity contribution is 6.09. The second kappa shape index (κ2) is 6.59. The lowest BCUT2D eigenvalue weighted by Gasteiger charge is -2.29. The summed E-state index contributed by atoms with van der Waals surface area (Å²) in [6, 6.07) is 15.3. The summed E-state index contributed by atoms with van der Waals surface area (Å²) in [6.07, 6.45) is 9.74. The summed E-state index contributed by atoms with van der Waals surface area (Å²) >= 11 is 0. The van der Waals surface area contributed by atoms with Gasteiger partial charge in [-0.15, -0.1) is 0 Å². The van der Waals surface area contributed by atoms with Crippen molar-refractivity contribution in [3.05, 3.63) is 89.8 Å². The summed E-state index contributed by atoms with van der Waals surface area (Å²) < 4.78 is 0. The number of nitrogens with two attached hydrogens (primary N) is 1. The maximum Gasteiger partial charge on any atom is 0.266 e. The van der Waals surface area contributed by atoms with Crippen LogP contribution in [0.2, 0.25) is 0 Å². The molecule has 1 aromatic carbocycles. The third-order valence-corrected chi connectivity index (χ3v) is 4.76. The third kappa shape index (κ3) is 2.62. The number of carbonyl (C=O) groups excluding carboxylic acids is 1. The number of carbonyl (C=O) groups is 1. The highest BCUT2D eigenvalue weighted by Crippen LogP contribution is 2.41. The molecule has 0 radical (unpaired) electrons. The number of nitrogens with zero attached hydrogens (tertiary/aromatic N) is 3. The number of benzene rings is 1. The van der Waals surface area contributed by atoms with E-state index in [4.69, 9.17) is 10.7 Å². The smallest absolute Gasteiger partial charge is 0.266 e. The van der Waals surface area contributed by atoms with Gasteiger partial charge in [0.25, 0.3) is 5.91 Å². The van der Waals surface area contributed by atoms with Gasteiger partial charge in [-0.1, -0.05) is 54.6 Å². The van der Waals surface area contributed by atoms with E-state index in [-0.39, 0.29) is 11.9 Å². The Morgan fingerprint density at radius 1 is 1.08 bits per heavy atom. The van der Waals surface area contributed by atoms with Gasteiger partial charge in [0.1, 0.15) is 0 Å². The summed E-state index contributed by atoms with van der Waals surface area (Å²) in [5.41, 5.74) is 7.58. The number of guanidine groups is 1. The first kappa shape index (κ1) is 16.3. The van der Waals surface area contributed by atoms with Crippen LogP contribution in [0.15, 0.2) is 83.5 Å². The highest BCUT2D eigenvalue weighted by Gasteiger charge is 2.51. The second-order valence-electron chi connectivity index (χ2n) is 6.40. The zero-order chi connectivity index (χ0) is 18.0. The number of aliphatic imine (C=N–C) groups is 1. The maximum absolute atomic E-state index is 13.6. The molecule has 2 heterocycles. The predicted molar refractivity (Wildman–Crippen MR) is 101 cm³/mol. The molecule has 1 aromatic heterocycles. The lowest BCUT2D eigenvalue weighted by atomic mass is 9.80. The topological polar surface area (TPSA) is 71.6 Å². The van der Waals surface area contributed by atoms with Crippen LogP contribution >= 0.6 is 0 Å². The van der Waals surface area contributed by atoms with Gasteiger partial charge in [-0.05, 0) is 36.1 Å². The molecule has 4 rings (SSSR count). The van der Waals surface area contributed by atoms with Crippen molar-refractivity contribution in [2.45, 2.75) is 24.9 Å². The third-order valence-electron chi connectivity index (χ3n) is 4.76. The Balaban J connectivity index is 1.79. The Bertz CT molecular complexity index is 902. The number of hydrogen-bond acceptors (Lipinski definition) is 4. The minimum Gasteiger partial charge on any atom is -0.369 e. The van der Waals surface area contributed by atoms with Gasteiger partial charge in [-0.3, -0.25) is 14.7 Å². The van der Waals surface area contributed by atoms with Crippen molar-refractivity contribution < 1.29 is 4.79 Å². The molecule has 1 amide bonds. The summed E-state index contributed by atoms with van der Waals surface area (Å²) in [5.74, 6) is 0.0917. The Hall–Kier alpha value is -3.21. The highest BCUT2D eigenvalue weighted by atomic mass is 16.2. The molecule has 1 atom stereocenters. The van der Waals surface area contributed by atoms with Gasteiger partial charge in [0, 0.05) is 6.20 Å². The first-order valence-electron chi connectivity index (χ1n) is 8.72. The van der Waals surface area contributed by atoms with E-state index in [2.05, 4.69) is 17.1 Å². The number of rotatable bonds is 4. The van der Waals surface area contributed by atoms with Crippen molar-refractivity contribution in [3.63, 3.8) is 0 Å². The number of hydrogen-bond donors (Lipinski definition) is 1. The van der Waals surface area contributed by atoms with Gasteiger partial charge >= 0.3 is 0 Å². The quantitative estimate of drug-likeness (QED) is 0.927. The number of aromatic nitrogens is 1. The fourth-order valence-electron chi connectivity index (χ4n) is 3.49. The van der Waals surface area contributed by atoms with E-state index in [9.17, 15) is 4.79 Å². The van der Waals surface area contributed by atoms with Crippen molar-refractivity contribution in [1.29, 1.82) is 0 Å². The summed E-state index contributed by atoms with van der Waals surface area (Å²) in [6.45, 7) is 0.306. The van der Waals surface area contributed by atoms with Crippen LogP contribution in [0.25, 0.3) is 0 Å². The zero-order valence-corrected chi connectivity index (χ0v) is 14.4. The van der Waals surface area contributed by atoms with Crippen LogP contribution in [0.1, 0.15) is 24.1 Å². The summed E-state index contributed by atoms with van der Waals surface area (Å²) in [7, 11) is 0. The predicted octanol–water partition coefficient (Wildman–Crippen LogP) is 2.91. The number of amides is 1. The standard InChI is InChI=1S/C21H20N4O/c22-20-24-21(16-9-3-1-4-10-16,17-11-5-2-6-12-17)19(26)25(20)15-18-13-7-8-14-23-18/h1,3-5,7-14H,2,6,15H2,(H2,22,24). The van der Waals surface area contributed by atoms with E-state index in [0.717, 1.165) is 29.7 Å². The minimum atomic E-state index is -1.11. The molecule has 0 fully saturated rings. The fraction of sp³-hybridized carbons (Fsp3) is 0.190. The van der Waals surface area contributed by atoms with Gasteiger partial charge < -0.3 is 5.73 Å². The average Bonchev–Trinajstić information content (AvgIpc) is 2.96. The molecule has 1 aliphatic heterocycles. The van der Waals surface area contributed by atoms with Crippen LogP contribution in [0, 0.1) is 0 Å². The molecule has 0 saturated carbocycles. The zero-order valence-electron chi connectivity index (χ0n) is 14.4. The van der Waals surface area contributed by atoms with E-state index in [1.54, 1.807) is 6.20 Å². The van der Waals surface area contributed by atoms with E-state index < -0.39 is 5.54 Å². The molecule has 5 nitrogen and oxygen atoms in total. The van der Waals surface area contributed by atoms with Crippen LogP contribution in [0.5, 0.6) is 0 Å². The molecule has 5 heteroatoms. The molecule has 26 heavy (non-hydrogen) atoms. The molecule has 0 saturated heterocycles. The van der Waals surface area contributed by atoms with Gasteiger partial charge in [0.15, 0.2) is 11.5 Å². The van der Waals surface area contributed by atoms with Gasteiger partial charge in [-0.2, -0.15) is 0 Å². The largest absolute Gasteiger partial charge is 0.369 e. The van der Waals surface area contributed by atoms with Crippen LogP contribution in [-0.2, 0) is 16.9 Å². The first-order chi connectivity index (χ1) is 12.7. The van der Waals surface area contributed by atoms with E-state index in [0.29, 0.717) is 6.54 Å². The molecule has 2 N–H and O–H groups in total. The molecule has 0 bridgehead atoms. The van der Waals surface area contributed by atoms with Crippen molar-refractivity contribution >= 4 is 11.9 Å². The van der Waals surface area contributed by atoms with Crippen LogP contribution in [0.4, 0.5) is 0 Å². The molecule has 1 unspecified atom stereocenters. The van der Waals surface area contributed by atoms with Gasteiger partial charge in [0.05, 0.1) is 12.2 Å². The molecule has 2 aliphatic rings. The molecular weight excluding hydrogens is 324 g/mol. The number of allylic oxidation sites excluding steroid dienone is 2. The first-order valence-corrected chi connectivity index (χ1v) is 8.72. The molecular formula is C21H20N4O. The molecule has 1 aliphatic carbocycles. The Morgan fingerprint density at radius 2 is 1.88 bits per heavy atom. The van der Waals surface area contributed by atoms with Crippen molar-refractivity contribution in [3.8, 4) is 0 Å². The lowest BCUT2D eigenvalue weighted by Crippen LogP contribution is -2.43. The normalized spacial score (nSPS) is 22.3. The molecule has 0 spiro atoms. The molecule has 130 valence electrons. The summed E-state index contributed by atoms with van der Waals surface area (Å²) in [4.78, 5) is 24.1. The van der Waals surface area contributed by atoms with Crippen molar-refractivity contribution in [2.75, 3.05) is 0 Å². The van der Waals surface area contributed by atoms with Crippen LogP contribution in [-0.4, -0.2) is 21.8 Å². The van der Waals surface area contributed by atoms with Crippen LogP contribution < -0.4 is 5.73 Å². The van der Waals surface area contributed by atoms with E-state index >= 15 is 0 Å². The summed E-state index contributed by atoms with van der Waals surface area (Å²) in [5, 5.41) is 0. The Morgan fingerprint density at radius 3 is 2.58 bits per heavy atom. The SMILES string of the molecule is NC1=NC(C2=CCCC=C2)(c2ccccc2)C(=O)N1Cc1ccccn1. The monoisotopic (exact) mass is 344 g/mol. The van der Waals surface area contributed by atoms with E-state index in [1.165, 1.54) is 4.90 Å². The Labute approximate surface area is 152 Å². The average molecular weight is 344 g/mol. The molecule has 2 aromatic rings. The number of pyridine rings is 1. The van der Waals surface area contributed by atoms with Gasteiger partial charge in [0.2, 0.25) is 0 Å². The minimum absolute atomic E-state index is 0.135. The second-order valence-corrected chi connectivity index (χ2v) is 6.40. The lowest BCUT2D eigenvalue weighted by molar-refractivity contribution is -0.130. The van der Waals surface area contributed by atoms with Crippen molar-refractivity contribution in [1.82, 2.24) is 9.88 Å². The fourth-order valence-corrected chi connectivity index (χ4v) is 3.49. The van der Waals surface area contributed by atoms with E-state index in [1.807, 2.05) is 54.6 Å². The Kier molecular flexibility index (Phi) is 4.13. The van der Waals surface area contributed by atoms with Gasteiger partial charge in [-0.25, -0.2) is 4.99 Å².